The number of benzene rings is 1. The highest BCUT2D eigenvalue weighted by molar-refractivity contribution is 5.56. The van der Waals surface area contributed by atoms with E-state index >= 15 is 0 Å². The van der Waals surface area contributed by atoms with Gasteiger partial charge in [-0.15, -0.1) is 0 Å². The van der Waals surface area contributed by atoms with Crippen LogP contribution in [0.15, 0.2) is 30.5 Å². The van der Waals surface area contributed by atoms with Gasteiger partial charge >= 0.3 is 0 Å². The van der Waals surface area contributed by atoms with Crippen LogP contribution in [-0.4, -0.2) is 32.7 Å². The number of methoxy groups -OCH3 is 1. The van der Waals surface area contributed by atoms with E-state index in [2.05, 4.69) is 42.6 Å². The molecular formula is C23H32N6O. The molecule has 2 heterocycles. The van der Waals surface area contributed by atoms with Gasteiger partial charge in [0.25, 0.3) is 0 Å². The summed E-state index contributed by atoms with van der Waals surface area (Å²) in [5.41, 5.74) is 3.11. The van der Waals surface area contributed by atoms with E-state index in [1.54, 1.807) is 7.11 Å². The number of hydrogen-bond donors (Lipinski definition) is 2. The summed E-state index contributed by atoms with van der Waals surface area (Å²) in [4.78, 5) is 9.65. The summed E-state index contributed by atoms with van der Waals surface area (Å²) in [6.07, 6.45) is 8.11. The number of hydrogen-bond acceptors (Lipinski definition) is 6. The van der Waals surface area contributed by atoms with Gasteiger partial charge in [0.15, 0.2) is 5.65 Å². The molecule has 0 amide bonds. The van der Waals surface area contributed by atoms with Crippen molar-refractivity contribution in [2.45, 2.75) is 70.9 Å². The Morgan fingerprint density at radius 1 is 1.10 bits per heavy atom. The Morgan fingerprint density at radius 2 is 1.90 bits per heavy atom. The fourth-order valence-corrected chi connectivity index (χ4v) is 4.08. The average molecular weight is 409 g/mol. The van der Waals surface area contributed by atoms with Crippen LogP contribution in [0.5, 0.6) is 5.75 Å². The van der Waals surface area contributed by atoms with Gasteiger partial charge in [0.05, 0.1) is 19.3 Å². The van der Waals surface area contributed by atoms with E-state index in [4.69, 9.17) is 14.7 Å². The first-order chi connectivity index (χ1) is 14.5. The molecule has 1 fully saturated rings. The second-order valence-corrected chi connectivity index (χ2v) is 8.48. The Balaban J connectivity index is 1.67. The SMILES string of the molecule is COc1cccc([C@H](C)Nc2nc(NC3CCCCC3)nc3c(C(C)C)cnn23)c1. The maximum Gasteiger partial charge on any atom is 0.229 e. The highest BCUT2D eigenvalue weighted by Gasteiger charge is 2.19. The number of ether oxygens (including phenoxy) is 1. The fraction of sp³-hybridized carbons (Fsp3) is 0.522. The molecule has 0 radical (unpaired) electrons. The van der Waals surface area contributed by atoms with Crippen molar-refractivity contribution in [3.8, 4) is 5.75 Å². The third-order valence-electron chi connectivity index (χ3n) is 5.90. The van der Waals surface area contributed by atoms with Crippen LogP contribution >= 0.6 is 0 Å². The van der Waals surface area contributed by atoms with Crippen LogP contribution in [-0.2, 0) is 0 Å². The van der Waals surface area contributed by atoms with Crippen LogP contribution in [0.3, 0.4) is 0 Å². The molecule has 160 valence electrons. The van der Waals surface area contributed by atoms with Gasteiger partial charge in [-0.05, 0) is 43.4 Å². The summed E-state index contributed by atoms with van der Waals surface area (Å²) >= 11 is 0. The molecular weight excluding hydrogens is 376 g/mol. The highest BCUT2D eigenvalue weighted by Crippen LogP contribution is 2.27. The van der Waals surface area contributed by atoms with Gasteiger partial charge in [-0.1, -0.05) is 45.2 Å². The molecule has 2 N–H and O–H groups in total. The van der Waals surface area contributed by atoms with Gasteiger partial charge in [0.2, 0.25) is 11.9 Å². The molecule has 1 aliphatic carbocycles. The normalized spacial score (nSPS) is 16.0. The molecule has 1 saturated carbocycles. The predicted molar refractivity (Wildman–Crippen MR) is 120 cm³/mol. The van der Waals surface area contributed by atoms with Crippen LogP contribution in [0.4, 0.5) is 11.9 Å². The minimum absolute atomic E-state index is 0.0347. The Labute approximate surface area is 178 Å². The molecule has 1 aromatic carbocycles. The first-order valence-corrected chi connectivity index (χ1v) is 11.0. The van der Waals surface area contributed by atoms with E-state index in [9.17, 15) is 0 Å². The molecule has 30 heavy (non-hydrogen) atoms. The van der Waals surface area contributed by atoms with Crippen LogP contribution in [0.2, 0.25) is 0 Å². The van der Waals surface area contributed by atoms with Crippen molar-refractivity contribution in [2.75, 3.05) is 17.7 Å². The lowest BCUT2D eigenvalue weighted by Gasteiger charge is -2.23. The zero-order chi connectivity index (χ0) is 21.1. The van der Waals surface area contributed by atoms with E-state index in [1.807, 2.05) is 28.9 Å². The van der Waals surface area contributed by atoms with E-state index in [0.717, 1.165) is 22.5 Å². The Hall–Kier alpha value is -2.83. The van der Waals surface area contributed by atoms with Gasteiger partial charge in [-0.2, -0.15) is 19.6 Å². The molecule has 0 aliphatic heterocycles. The molecule has 7 nitrogen and oxygen atoms in total. The molecule has 3 aromatic rings. The summed E-state index contributed by atoms with van der Waals surface area (Å²) in [7, 11) is 1.69. The molecule has 0 bridgehead atoms. The quantitative estimate of drug-likeness (QED) is 0.561. The standard InChI is InChI=1S/C23H32N6O/c1-15(2)20-14-24-29-21(20)27-22(26-18-10-6-5-7-11-18)28-23(29)25-16(3)17-9-8-12-19(13-17)30-4/h8-9,12-16,18H,5-7,10-11H2,1-4H3,(H2,25,26,27,28)/t16-/m0/s1. The lowest BCUT2D eigenvalue weighted by Crippen LogP contribution is -2.24. The fourth-order valence-electron chi connectivity index (χ4n) is 4.08. The van der Waals surface area contributed by atoms with Gasteiger partial charge in [0, 0.05) is 11.6 Å². The van der Waals surface area contributed by atoms with Crippen molar-refractivity contribution in [3.63, 3.8) is 0 Å². The Bertz CT molecular complexity index is 993. The summed E-state index contributed by atoms with van der Waals surface area (Å²) in [6.45, 7) is 6.45. The van der Waals surface area contributed by atoms with Gasteiger partial charge in [0.1, 0.15) is 5.75 Å². The van der Waals surface area contributed by atoms with E-state index < -0.39 is 0 Å². The van der Waals surface area contributed by atoms with E-state index in [0.29, 0.717) is 23.9 Å². The van der Waals surface area contributed by atoms with Crippen molar-refractivity contribution >= 4 is 17.5 Å². The maximum atomic E-state index is 5.38. The summed E-state index contributed by atoms with van der Waals surface area (Å²) in [6, 6.07) is 8.56. The lowest BCUT2D eigenvalue weighted by atomic mass is 9.96. The van der Waals surface area contributed by atoms with Crippen LogP contribution < -0.4 is 15.4 Å². The van der Waals surface area contributed by atoms with Crippen LogP contribution in [0.25, 0.3) is 5.65 Å². The second kappa shape index (κ2) is 8.90. The molecule has 0 unspecified atom stereocenters. The Morgan fingerprint density at radius 3 is 2.63 bits per heavy atom. The smallest absolute Gasteiger partial charge is 0.229 e. The number of nitrogens with zero attached hydrogens (tertiary/aromatic N) is 4. The lowest BCUT2D eigenvalue weighted by molar-refractivity contribution is 0.414. The molecule has 4 rings (SSSR count). The first kappa shape index (κ1) is 20.4. The van der Waals surface area contributed by atoms with E-state index in [-0.39, 0.29) is 6.04 Å². The predicted octanol–water partition coefficient (Wildman–Crippen LogP) is 5.17. The first-order valence-electron chi connectivity index (χ1n) is 11.0. The zero-order valence-electron chi connectivity index (χ0n) is 18.4. The van der Waals surface area contributed by atoms with Gasteiger partial charge in [-0.3, -0.25) is 0 Å². The van der Waals surface area contributed by atoms with E-state index in [1.165, 1.54) is 32.1 Å². The Kier molecular flexibility index (Phi) is 6.06. The third kappa shape index (κ3) is 4.35. The molecule has 0 spiro atoms. The summed E-state index contributed by atoms with van der Waals surface area (Å²) in [5.74, 6) is 2.55. The monoisotopic (exact) mass is 408 g/mol. The van der Waals surface area contributed by atoms with Gasteiger partial charge in [-0.25, -0.2) is 0 Å². The highest BCUT2D eigenvalue weighted by atomic mass is 16.5. The van der Waals surface area contributed by atoms with Crippen molar-refractivity contribution < 1.29 is 4.74 Å². The number of aromatic nitrogens is 4. The summed E-state index contributed by atoms with van der Waals surface area (Å²) < 4.78 is 7.20. The largest absolute Gasteiger partial charge is 0.497 e. The molecule has 0 saturated heterocycles. The van der Waals surface area contributed by atoms with Gasteiger partial charge < -0.3 is 15.4 Å². The molecule has 1 aliphatic rings. The number of anilines is 2. The van der Waals surface area contributed by atoms with Crippen molar-refractivity contribution in [1.29, 1.82) is 0 Å². The minimum Gasteiger partial charge on any atom is -0.497 e. The van der Waals surface area contributed by atoms with Crippen molar-refractivity contribution in [3.05, 3.63) is 41.6 Å². The number of rotatable bonds is 7. The van der Waals surface area contributed by atoms with Crippen molar-refractivity contribution in [2.24, 2.45) is 0 Å². The summed E-state index contributed by atoms with van der Waals surface area (Å²) in [5, 5.41) is 11.7. The van der Waals surface area contributed by atoms with Crippen LogP contribution in [0, 0.1) is 0 Å². The number of fused-ring (bicyclic) bond motifs is 1. The molecule has 7 heteroatoms. The molecule has 2 aromatic heterocycles. The number of nitrogens with one attached hydrogen (secondary N) is 2. The maximum absolute atomic E-state index is 5.38. The topological polar surface area (TPSA) is 76.4 Å². The van der Waals surface area contributed by atoms with Crippen LogP contribution in [0.1, 0.15) is 76.0 Å². The zero-order valence-corrected chi connectivity index (χ0v) is 18.4. The second-order valence-electron chi connectivity index (χ2n) is 8.48. The third-order valence-corrected chi connectivity index (χ3v) is 5.90. The average Bonchev–Trinajstić information content (AvgIpc) is 3.19. The van der Waals surface area contributed by atoms with Crippen molar-refractivity contribution in [1.82, 2.24) is 19.6 Å². The minimum atomic E-state index is 0.0347. The molecule has 1 atom stereocenters.